The summed E-state index contributed by atoms with van der Waals surface area (Å²) < 4.78 is 30.9. The van der Waals surface area contributed by atoms with Gasteiger partial charge in [0, 0.05) is 0 Å². The normalized spacial score (nSPS) is 17.7. The molecule has 0 aromatic heterocycles. The highest BCUT2D eigenvalue weighted by Crippen LogP contribution is 2.43. The fourth-order valence-electron chi connectivity index (χ4n) is 2.81. The number of methoxy groups -OCH3 is 1. The maximum atomic E-state index is 13.0. The zero-order valence-corrected chi connectivity index (χ0v) is 10.7. The van der Waals surface area contributed by atoms with E-state index in [0.29, 0.717) is 18.4 Å². The van der Waals surface area contributed by atoms with Crippen LogP contribution in [0.2, 0.25) is 0 Å². The maximum absolute atomic E-state index is 13.0. The molecule has 5 heteroatoms. The molecular formula is C14H16F2O3. The molecule has 104 valence electrons. The van der Waals surface area contributed by atoms with E-state index in [9.17, 15) is 18.7 Å². The second-order valence-electron chi connectivity index (χ2n) is 4.85. The van der Waals surface area contributed by atoms with E-state index in [-0.39, 0.29) is 11.3 Å². The van der Waals surface area contributed by atoms with Crippen LogP contribution in [0.5, 0.6) is 5.75 Å². The Labute approximate surface area is 110 Å². The van der Waals surface area contributed by atoms with Crippen LogP contribution in [0.3, 0.4) is 0 Å². The lowest BCUT2D eigenvalue weighted by Crippen LogP contribution is -2.32. The van der Waals surface area contributed by atoms with Crippen molar-refractivity contribution in [2.45, 2.75) is 37.5 Å². The van der Waals surface area contributed by atoms with Gasteiger partial charge in [-0.15, -0.1) is 0 Å². The van der Waals surface area contributed by atoms with Gasteiger partial charge >= 0.3 is 5.97 Å². The number of carboxylic acids is 1. The first kappa shape index (κ1) is 13.8. The quantitative estimate of drug-likeness (QED) is 0.910. The summed E-state index contributed by atoms with van der Waals surface area (Å²) in [6, 6.07) is 4.30. The number of rotatable bonds is 4. The second kappa shape index (κ2) is 5.15. The predicted octanol–water partition coefficient (Wildman–Crippen LogP) is 3.53. The second-order valence-corrected chi connectivity index (χ2v) is 4.85. The molecule has 0 amide bonds. The Bertz CT molecular complexity index is 480. The van der Waals surface area contributed by atoms with Gasteiger partial charge in [-0.25, -0.2) is 8.78 Å². The molecule has 19 heavy (non-hydrogen) atoms. The lowest BCUT2D eigenvalue weighted by molar-refractivity contribution is -0.143. The molecule has 1 aromatic rings. The Morgan fingerprint density at radius 3 is 2.47 bits per heavy atom. The third kappa shape index (κ3) is 2.29. The SMILES string of the molecule is COc1ccc(C2(C(=O)O)CCCC2)cc1C(F)F. The van der Waals surface area contributed by atoms with Crippen molar-refractivity contribution >= 4 is 5.97 Å². The van der Waals surface area contributed by atoms with Crippen LogP contribution in [0.15, 0.2) is 18.2 Å². The van der Waals surface area contributed by atoms with E-state index in [4.69, 9.17) is 4.74 Å². The summed E-state index contributed by atoms with van der Waals surface area (Å²) in [6.45, 7) is 0. The Morgan fingerprint density at radius 2 is 2.00 bits per heavy atom. The fourth-order valence-corrected chi connectivity index (χ4v) is 2.81. The van der Waals surface area contributed by atoms with Gasteiger partial charge in [0.2, 0.25) is 0 Å². The third-order valence-electron chi connectivity index (χ3n) is 3.88. The molecule has 0 bridgehead atoms. The summed E-state index contributed by atoms with van der Waals surface area (Å²) in [7, 11) is 1.32. The molecule has 1 N–H and O–H groups in total. The van der Waals surface area contributed by atoms with Crippen LogP contribution in [-0.2, 0) is 10.2 Å². The Kier molecular flexibility index (Phi) is 3.73. The van der Waals surface area contributed by atoms with Crippen LogP contribution in [0, 0.1) is 0 Å². The van der Waals surface area contributed by atoms with E-state index in [1.165, 1.54) is 19.2 Å². The van der Waals surface area contributed by atoms with E-state index < -0.39 is 17.8 Å². The predicted molar refractivity (Wildman–Crippen MR) is 65.7 cm³/mol. The number of alkyl halides is 2. The molecule has 0 heterocycles. The average Bonchev–Trinajstić information content (AvgIpc) is 2.88. The smallest absolute Gasteiger partial charge is 0.314 e. The van der Waals surface area contributed by atoms with Crippen LogP contribution in [0.25, 0.3) is 0 Å². The topological polar surface area (TPSA) is 46.5 Å². The summed E-state index contributed by atoms with van der Waals surface area (Å²) >= 11 is 0. The van der Waals surface area contributed by atoms with E-state index in [2.05, 4.69) is 0 Å². The molecule has 0 spiro atoms. The van der Waals surface area contributed by atoms with E-state index in [0.717, 1.165) is 12.8 Å². The first-order valence-electron chi connectivity index (χ1n) is 6.21. The molecule has 1 aliphatic carbocycles. The molecule has 0 aliphatic heterocycles. The average molecular weight is 270 g/mol. The van der Waals surface area contributed by atoms with E-state index >= 15 is 0 Å². The lowest BCUT2D eigenvalue weighted by atomic mass is 9.78. The molecule has 3 nitrogen and oxygen atoms in total. The number of benzene rings is 1. The van der Waals surface area contributed by atoms with Crippen molar-refractivity contribution in [1.82, 2.24) is 0 Å². The van der Waals surface area contributed by atoms with Crippen LogP contribution in [0.4, 0.5) is 8.78 Å². The Morgan fingerprint density at radius 1 is 1.37 bits per heavy atom. The zero-order chi connectivity index (χ0) is 14.0. The molecule has 1 fully saturated rings. The standard InChI is InChI=1S/C14H16F2O3/c1-19-11-5-4-9(8-10(11)12(15)16)14(13(17)18)6-2-3-7-14/h4-5,8,12H,2-3,6-7H2,1H3,(H,17,18). The van der Waals surface area contributed by atoms with Gasteiger partial charge in [0.05, 0.1) is 18.1 Å². The number of hydrogen-bond donors (Lipinski definition) is 1. The molecule has 1 aliphatic rings. The largest absolute Gasteiger partial charge is 0.496 e. The van der Waals surface area contributed by atoms with Gasteiger partial charge in [0.1, 0.15) is 5.75 Å². The highest BCUT2D eigenvalue weighted by Gasteiger charge is 2.43. The number of carbonyl (C=O) groups is 1. The Balaban J connectivity index is 2.50. The van der Waals surface area contributed by atoms with Crippen LogP contribution in [-0.4, -0.2) is 18.2 Å². The minimum Gasteiger partial charge on any atom is -0.496 e. The summed E-state index contributed by atoms with van der Waals surface area (Å²) in [6.07, 6.45) is -0.0681. The third-order valence-corrected chi connectivity index (χ3v) is 3.88. The molecule has 0 unspecified atom stereocenters. The van der Waals surface area contributed by atoms with Crippen LogP contribution < -0.4 is 4.74 Å². The minimum absolute atomic E-state index is 0.0947. The molecule has 1 aromatic carbocycles. The highest BCUT2D eigenvalue weighted by molar-refractivity contribution is 5.82. The van der Waals surface area contributed by atoms with Crippen molar-refractivity contribution < 1.29 is 23.4 Å². The summed E-state index contributed by atoms with van der Waals surface area (Å²) in [4.78, 5) is 11.5. The van der Waals surface area contributed by atoms with Gasteiger partial charge in [0.25, 0.3) is 6.43 Å². The lowest BCUT2D eigenvalue weighted by Gasteiger charge is -2.25. The summed E-state index contributed by atoms with van der Waals surface area (Å²) in [5.74, 6) is -0.840. The van der Waals surface area contributed by atoms with Gasteiger partial charge < -0.3 is 9.84 Å². The molecule has 0 radical (unpaired) electrons. The molecule has 2 rings (SSSR count). The minimum atomic E-state index is -2.68. The number of hydrogen-bond acceptors (Lipinski definition) is 2. The maximum Gasteiger partial charge on any atom is 0.314 e. The van der Waals surface area contributed by atoms with Crippen molar-refractivity contribution in [1.29, 1.82) is 0 Å². The van der Waals surface area contributed by atoms with E-state index in [1.54, 1.807) is 6.07 Å². The fraction of sp³-hybridized carbons (Fsp3) is 0.500. The van der Waals surface area contributed by atoms with Gasteiger partial charge in [-0.05, 0) is 30.5 Å². The zero-order valence-electron chi connectivity index (χ0n) is 10.7. The van der Waals surface area contributed by atoms with Crippen molar-refractivity contribution in [3.63, 3.8) is 0 Å². The summed E-state index contributed by atoms with van der Waals surface area (Å²) in [5.41, 5.74) is -0.809. The number of ether oxygens (including phenoxy) is 1. The van der Waals surface area contributed by atoms with Gasteiger partial charge in [-0.2, -0.15) is 0 Å². The van der Waals surface area contributed by atoms with Gasteiger partial charge in [-0.1, -0.05) is 18.9 Å². The van der Waals surface area contributed by atoms with Crippen molar-refractivity contribution in [2.75, 3.05) is 7.11 Å². The highest BCUT2D eigenvalue weighted by atomic mass is 19.3. The van der Waals surface area contributed by atoms with Crippen molar-refractivity contribution in [3.05, 3.63) is 29.3 Å². The van der Waals surface area contributed by atoms with Crippen molar-refractivity contribution in [3.8, 4) is 5.75 Å². The van der Waals surface area contributed by atoms with Crippen molar-refractivity contribution in [2.24, 2.45) is 0 Å². The number of carboxylic acid groups (broad SMARTS) is 1. The van der Waals surface area contributed by atoms with Gasteiger partial charge in [-0.3, -0.25) is 4.79 Å². The molecule has 0 atom stereocenters. The van der Waals surface area contributed by atoms with Crippen LogP contribution in [0.1, 0.15) is 43.2 Å². The van der Waals surface area contributed by atoms with Gasteiger partial charge in [0.15, 0.2) is 0 Å². The Hall–Kier alpha value is -1.65. The first-order chi connectivity index (χ1) is 9.01. The van der Waals surface area contributed by atoms with Crippen LogP contribution >= 0.6 is 0 Å². The summed E-state index contributed by atoms with van der Waals surface area (Å²) in [5, 5.41) is 9.45. The molecule has 1 saturated carbocycles. The molecular weight excluding hydrogens is 254 g/mol. The number of aliphatic carboxylic acids is 1. The van der Waals surface area contributed by atoms with E-state index in [1.807, 2.05) is 0 Å². The molecule has 0 saturated heterocycles. The monoisotopic (exact) mass is 270 g/mol. The number of halogens is 2. The first-order valence-corrected chi connectivity index (χ1v) is 6.21.